The molecule has 156 valence electrons. The van der Waals surface area contributed by atoms with Gasteiger partial charge in [0.1, 0.15) is 35.2 Å². The molecule has 7 nitrogen and oxygen atoms in total. The average molecular weight is 403 g/mol. The van der Waals surface area contributed by atoms with Crippen molar-refractivity contribution in [1.29, 1.82) is 0 Å². The molecule has 8 heteroatoms. The van der Waals surface area contributed by atoms with Gasteiger partial charge in [0, 0.05) is 11.3 Å². The summed E-state index contributed by atoms with van der Waals surface area (Å²) in [7, 11) is 0. The molecule has 0 fully saturated rings. The predicted octanol–water partition coefficient (Wildman–Crippen LogP) is 4.20. The molecule has 3 rings (SSSR count). The number of benzene rings is 1. The summed E-state index contributed by atoms with van der Waals surface area (Å²) in [6.07, 6.45) is 0.972. The molecule has 1 aromatic carbocycles. The number of aliphatic imine (C=N–C) groups is 1. The van der Waals surface area contributed by atoms with Crippen LogP contribution in [0.4, 0.5) is 14.9 Å². The van der Waals surface area contributed by atoms with Crippen molar-refractivity contribution in [3.63, 3.8) is 0 Å². The summed E-state index contributed by atoms with van der Waals surface area (Å²) in [5.41, 5.74) is -0.537. The van der Waals surface area contributed by atoms with Crippen LogP contribution in [0, 0.1) is 5.82 Å². The third-order valence-corrected chi connectivity index (χ3v) is 4.24. The third kappa shape index (κ3) is 5.57. The van der Waals surface area contributed by atoms with Crippen molar-refractivity contribution in [3.05, 3.63) is 53.7 Å². The third-order valence-electron chi connectivity index (χ3n) is 4.24. The minimum Gasteiger partial charge on any atom is -0.467 e. The fourth-order valence-electron chi connectivity index (χ4n) is 2.98. The maximum absolute atomic E-state index is 14.6. The number of furan rings is 1. The van der Waals surface area contributed by atoms with Gasteiger partial charge >= 0.3 is 6.09 Å². The van der Waals surface area contributed by atoms with E-state index in [0.29, 0.717) is 17.9 Å². The molecule has 2 N–H and O–H groups in total. The van der Waals surface area contributed by atoms with E-state index >= 15 is 0 Å². The molecule has 0 unspecified atom stereocenters. The number of amides is 1. The Balaban J connectivity index is 1.78. The molecule has 1 amide bonds. The van der Waals surface area contributed by atoms with Crippen LogP contribution in [0.1, 0.15) is 39.0 Å². The smallest absolute Gasteiger partial charge is 0.413 e. The van der Waals surface area contributed by atoms with Crippen LogP contribution in [-0.2, 0) is 21.6 Å². The molecule has 1 aromatic heterocycles. The molecule has 0 saturated heterocycles. The predicted molar refractivity (Wildman–Crippen MR) is 107 cm³/mol. The lowest BCUT2D eigenvalue weighted by molar-refractivity contribution is 0.0543. The van der Waals surface area contributed by atoms with Crippen LogP contribution in [0.25, 0.3) is 0 Å². The van der Waals surface area contributed by atoms with Crippen LogP contribution in [0.2, 0.25) is 0 Å². The second kappa shape index (κ2) is 8.24. The quantitative estimate of drug-likeness (QED) is 0.799. The Kier molecular flexibility index (Phi) is 5.93. The van der Waals surface area contributed by atoms with Crippen LogP contribution in [0.15, 0.2) is 46.0 Å². The van der Waals surface area contributed by atoms with Gasteiger partial charge in [-0.2, -0.15) is 0 Å². The van der Waals surface area contributed by atoms with Gasteiger partial charge in [-0.05, 0) is 58.0 Å². The van der Waals surface area contributed by atoms with Crippen LogP contribution in [-0.4, -0.2) is 30.7 Å². The van der Waals surface area contributed by atoms with Crippen molar-refractivity contribution >= 4 is 17.6 Å². The van der Waals surface area contributed by atoms with Gasteiger partial charge in [-0.1, -0.05) is 0 Å². The number of ether oxygens (including phenoxy) is 2. The van der Waals surface area contributed by atoms with Crippen molar-refractivity contribution in [3.8, 4) is 0 Å². The van der Waals surface area contributed by atoms with E-state index in [2.05, 4.69) is 15.6 Å². The first kappa shape index (κ1) is 20.9. The summed E-state index contributed by atoms with van der Waals surface area (Å²) in [5, 5.41) is 5.79. The lowest BCUT2D eigenvalue weighted by Crippen LogP contribution is -2.44. The lowest BCUT2D eigenvalue weighted by atomic mass is 9.91. The Morgan fingerprint density at radius 1 is 1.34 bits per heavy atom. The molecule has 0 bridgehead atoms. The van der Waals surface area contributed by atoms with E-state index in [9.17, 15) is 9.18 Å². The zero-order valence-corrected chi connectivity index (χ0v) is 17.0. The largest absolute Gasteiger partial charge is 0.467 e. The first-order chi connectivity index (χ1) is 13.6. The summed E-state index contributed by atoms with van der Waals surface area (Å²) in [6.45, 7) is 7.85. The highest BCUT2D eigenvalue weighted by atomic mass is 19.1. The second-order valence-corrected chi connectivity index (χ2v) is 8.08. The fraction of sp³-hybridized carbons (Fsp3) is 0.429. The highest BCUT2D eigenvalue weighted by molar-refractivity contribution is 5.96. The summed E-state index contributed by atoms with van der Waals surface area (Å²) in [4.78, 5) is 16.6. The zero-order chi connectivity index (χ0) is 21.1. The molecule has 1 aliphatic heterocycles. The number of anilines is 1. The zero-order valence-electron chi connectivity index (χ0n) is 17.0. The Morgan fingerprint density at radius 3 is 2.83 bits per heavy atom. The summed E-state index contributed by atoms with van der Waals surface area (Å²) in [6, 6.07) is 8.39. The van der Waals surface area contributed by atoms with E-state index in [-0.39, 0.29) is 13.2 Å². The number of alkyl carbamates (subject to hydrolysis) is 1. The normalized spacial score (nSPS) is 19.4. The number of rotatable bonds is 4. The first-order valence-electron chi connectivity index (χ1n) is 9.37. The van der Waals surface area contributed by atoms with Crippen LogP contribution < -0.4 is 10.6 Å². The van der Waals surface area contributed by atoms with E-state index in [0.717, 1.165) is 11.4 Å². The van der Waals surface area contributed by atoms with E-state index in [1.807, 2.05) is 6.07 Å². The minimum atomic E-state index is -0.991. The molecule has 2 aromatic rings. The number of amidine groups is 1. The molecule has 2 heterocycles. The number of nitrogens with one attached hydrogen (secondary N) is 2. The molecule has 0 saturated carbocycles. The molecule has 0 spiro atoms. The Morgan fingerprint density at radius 2 is 2.14 bits per heavy atom. The van der Waals surface area contributed by atoms with Crippen molar-refractivity contribution in [1.82, 2.24) is 5.32 Å². The Labute approximate surface area is 169 Å². The molecular weight excluding hydrogens is 377 g/mol. The van der Waals surface area contributed by atoms with E-state index < -0.39 is 23.1 Å². The van der Waals surface area contributed by atoms with Gasteiger partial charge in [-0.3, -0.25) is 10.3 Å². The van der Waals surface area contributed by atoms with Gasteiger partial charge in [-0.25, -0.2) is 9.18 Å². The van der Waals surface area contributed by atoms with E-state index in [4.69, 9.17) is 13.9 Å². The van der Waals surface area contributed by atoms with Crippen LogP contribution >= 0.6 is 0 Å². The first-order valence-corrected chi connectivity index (χ1v) is 9.37. The number of carbonyl (C=O) groups is 1. The number of nitrogens with zero attached hydrogens (tertiary/aromatic N) is 1. The standard InChI is InChI=1S/C21H26FN3O4/c1-20(2,3)29-19(26)24-18-12-27-13-21(4,25-18)16-10-14(7-8-17(16)22)23-11-15-6-5-9-28-15/h5-10,23H,11-13H2,1-4H3,(H,24,25,26)/t21-/m0/s1. The summed E-state index contributed by atoms with van der Waals surface area (Å²) < 4.78 is 30.8. The maximum Gasteiger partial charge on any atom is 0.413 e. The van der Waals surface area contributed by atoms with Crippen molar-refractivity contribution in [2.24, 2.45) is 4.99 Å². The monoisotopic (exact) mass is 403 g/mol. The lowest BCUT2D eigenvalue weighted by Gasteiger charge is -2.32. The van der Waals surface area contributed by atoms with Gasteiger partial charge in [0.05, 0.1) is 19.4 Å². The number of hydrogen-bond donors (Lipinski definition) is 2. The van der Waals surface area contributed by atoms with Crippen molar-refractivity contribution in [2.45, 2.75) is 45.4 Å². The van der Waals surface area contributed by atoms with Gasteiger partial charge in [-0.15, -0.1) is 0 Å². The Bertz CT molecular complexity index is 890. The fourth-order valence-corrected chi connectivity index (χ4v) is 2.98. The molecule has 1 atom stereocenters. The summed E-state index contributed by atoms with van der Waals surface area (Å²) >= 11 is 0. The van der Waals surface area contributed by atoms with Gasteiger partial charge < -0.3 is 19.2 Å². The summed E-state index contributed by atoms with van der Waals surface area (Å²) in [5.74, 6) is 0.660. The highest BCUT2D eigenvalue weighted by Crippen LogP contribution is 2.32. The molecule has 29 heavy (non-hydrogen) atoms. The molecule has 0 aliphatic carbocycles. The van der Waals surface area contributed by atoms with Crippen molar-refractivity contribution < 1.29 is 23.1 Å². The number of halogens is 1. The maximum atomic E-state index is 14.6. The molecule has 0 radical (unpaired) electrons. The van der Waals surface area contributed by atoms with Gasteiger partial charge in [0.15, 0.2) is 0 Å². The topological polar surface area (TPSA) is 85.1 Å². The molecular formula is C21H26FN3O4. The van der Waals surface area contributed by atoms with E-state index in [1.54, 1.807) is 52.2 Å². The van der Waals surface area contributed by atoms with Crippen LogP contribution in [0.5, 0.6) is 0 Å². The van der Waals surface area contributed by atoms with Gasteiger partial charge in [0.2, 0.25) is 0 Å². The molecule has 1 aliphatic rings. The SMILES string of the molecule is CC(C)(C)OC(=O)NC1=N[C@](C)(c2cc(NCc3ccco3)ccc2F)COC1. The number of hydrogen-bond acceptors (Lipinski definition) is 6. The second-order valence-electron chi connectivity index (χ2n) is 8.08. The van der Waals surface area contributed by atoms with Crippen LogP contribution in [0.3, 0.4) is 0 Å². The number of carbonyl (C=O) groups excluding carboxylic acids is 1. The average Bonchev–Trinajstić information content (AvgIpc) is 3.13. The van der Waals surface area contributed by atoms with E-state index in [1.165, 1.54) is 6.07 Å². The minimum absolute atomic E-state index is 0.118. The van der Waals surface area contributed by atoms with Gasteiger partial charge in [0.25, 0.3) is 0 Å². The van der Waals surface area contributed by atoms with Crippen molar-refractivity contribution in [2.75, 3.05) is 18.5 Å². The Hall–Kier alpha value is -2.87. The highest BCUT2D eigenvalue weighted by Gasteiger charge is 2.34.